The van der Waals surface area contributed by atoms with Crippen LogP contribution in [0.4, 0.5) is 0 Å². The highest BCUT2D eigenvalue weighted by Gasteiger charge is 2.45. The van der Waals surface area contributed by atoms with E-state index in [0.717, 1.165) is 0 Å². The van der Waals surface area contributed by atoms with Crippen molar-refractivity contribution in [3.05, 3.63) is 0 Å². The van der Waals surface area contributed by atoms with Crippen LogP contribution in [0.5, 0.6) is 0 Å². The molecule has 1 N–H and O–H groups in total. The van der Waals surface area contributed by atoms with Gasteiger partial charge in [-0.25, -0.2) is 4.79 Å². The van der Waals surface area contributed by atoms with E-state index in [1.54, 1.807) is 6.92 Å². The molecule has 1 heterocycles. The Morgan fingerprint density at radius 2 is 2.27 bits per heavy atom. The minimum absolute atomic E-state index is 0.0881. The van der Waals surface area contributed by atoms with Gasteiger partial charge in [-0.05, 0) is 13.3 Å². The monoisotopic (exact) mass is 157 g/mol. The van der Waals surface area contributed by atoms with Crippen molar-refractivity contribution in [1.29, 1.82) is 0 Å². The van der Waals surface area contributed by atoms with Gasteiger partial charge in [-0.3, -0.25) is 4.79 Å². The molecule has 1 atom stereocenters. The topological polar surface area (TPSA) is 57.6 Å². The quantitative estimate of drug-likeness (QED) is 0.586. The Balaban J connectivity index is 2.89. The first-order valence-electron chi connectivity index (χ1n) is 3.48. The van der Waals surface area contributed by atoms with Gasteiger partial charge >= 0.3 is 5.97 Å². The van der Waals surface area contributed by atoms with E-state index in [4.69, 9.17) is 5.11 Å². The van der Waals surface area contributed by atoms with Crippen molar-refractivity contribution in [2.75, 3.05) is 7.05 Å². The van der Waals surface area contributed by atoms with E-state index in [1.807, 2.05) is 0 Å². The number of likely N-dealkylation sites (tertiary alicyclic amines) is 1. The number of amides is 1. The van der Waals surface area contributed by atoms with Crippen LogP contribution in [0.1, 0.15) is 19.8 Å². The van der Waals surface area contributed by atoms with Gasteiger partial charge in [0.25, 0.3) is 0 Å². The summed E-state index contributed by atoms with van der Waals surface area (Å²) in [6, 6.07) is 0. The lowest BCUT2D eigenvalue weighted by Gasteiger charge is -2.26. The highest BCUT2D eigenvalue weighted by molar-refractivity contribution is 5.90. The van der Waals surface area contributed by atoms with E-state index in [2.05, 4.69) is 0 Å². The lowest BCUT2D eigenvalue weighted by Crippen LogP contribution is -2.47. The fourth-order valence-electron chi connectivity index (χ4n) is 1.21. The van der Waals surface area contributed by atoms with Crippen LogP contribution in [0.15, 0.2) is 0 Å². The molecular weight excluding hydrogens is 146 g/mol. The highest BCUT2D eigenvalue weighted by atomic mass is 16.4. The van der Waals surface area contributed by atoms with Gasteiger partial charge in [0.1, 0.15) is 5.54 Å². The lowest BCUT2D eigenvalue weighted by molar-refractivity contribution is -0.151. The van der Waals surface area contributed by atoms with E-state index in [-0.39, 0.29) is 5.91 Å². The summed E-state index contributed by atoms with van der Waals surface area (Å²) >= 11 is 0. The van der Waals surface area contributed by atoms with Crippen molar-refractivity contribution in [2.45, 2.75) is 25.3 Å². The smallest absolute Gasteiger partial charge is 0.329 e. The van der Waals surface area contributed by atoms with Crippen molar-refractivity contribution in [1.82, 2.24) is 4.90 Å². The number of carboxylic acids is 1. The fraction of sp³-hybridized carbons (Fsp3) is 0.714. The number of nitrogens with zero attached hydrogens (tertiary/aromatic N) is 1. The summed E-state index contributed by atoms with van der Waals surface area (Å²) in [5.74, 6) is -1.01. The van der Waals surface area contributed by atoms with E-state index < -0.39 is 11.5 Å². The summed E-state index contributed by atoms with van der Waals surface area (Å²) in [5, 5.41) is 8.77. The molecule has 11 heavy (non-hydrogen) atoms. The molecule has 4 nitrogen and oxygen atoms in total. The van der Waals surface area contributed by atoms with E-state index in [0.29, 0.717) is 12.8 Å². The molecule has 1 fully saturated rings. The summed E-state index contributed by atoms with van der Waals surface area (Å²) in [4.78, 5) is 22.9. The van der Waals surface area contributed by atoms with Gasteiger partial charge in [0, 0.05) is 13.5 Å². The number of rotatable bonds is 1. The Hall–Kier alpha value is -1.06. The molecule has 1 aliphatic heterocycles. The summed E-state index contributed by atoms with van der Waals surface area (Å²) in [5.41, 5.74) is -0.975. The van der Waals surface area contributed by atoms with Crippen LogP contribution in [-0.4, -0.2) is 34.5 Å². The van der Waals surface area contributed by atoms with Crippen LogP contribution < -0.4 is 0 Å². The number of carbonyl (C=O) groups excluding carboxylic acids is 1. The molecule has 0 radical (unpaired) electrons. The first-order valence-corrected chi connectivity index (χ1v) is 3.48. The number of hydrogen-bond acceptors (Lipinski definition) is 2. The zero-order valence-corrected chi connectivity index (χ0v) is 6.63. The predicted molar refractivity (Wildman–Crippen MR) is 38.0 cm³/mol. The summed E-state index contributed by atoms with van der Waals surface area (Å²) < 4.78 is 0. The average molecular weight is 157 g/mol. The standard InChI is InChI=1S/C7H11NO3/c1-7(6(10)11)4-3-5(9)8(7)2/h3-4H2,1-2H3,(H,10,11)/t7-/m0/s1. The number of carboxylic acid groups (broad SMARTS) is 1. The third-order valence-corrected chi connectivity index (χ3v) is 2.40. The van der Waals surface area contributed by atoms with Crippen LogP contribution >= 0.6 is 0 Å². The Morgan fingerprint density at radius 1 is 1.73 bits per heavy atom. The third-order valence-electron chi connectivity index (χ3n) is 2.40. The van der Waals surface area contributed by atoms with Gasteiger partial charge in [-0.2, -0.15) is 0 Å². The normalized spacial score (nSPS) is 31.1. The zero-order valence-electron chi connectivity index (χ0n) is 6.63. The molecule has 0 saturated carbocycles. The zero-order chi connectivity index (χ0) is 8.65. The molecule has 4 heteroatoms. The van der Waals surface area contributed by atoms with Gasteiger partial charge in [-0.15, -0.1) is 0 Å². The molecule has 1 saturated heterocycles. The Morgan fingerprint density at radius 3 is 2.45 bits per heavy atom. The molecule has 62 valence electrons. The molecular formula is C7H11NO3. The molecule has 0 unspecified atom stereocenters. The maximum Gasteiger partial charge on any atom is 0.329 e. The van der Waals surface area contributed by atoms with Gasteiger partial charge in [0.2, 0.25) is 5.91 Å². The van der Waals surface area contributed by atoms with Gasteiger partial charge < -0.3 is 10.0 Å². The van der Waals surface area contributed by atoms with Crippen molar-refractivity contribution < 1.29 is 14.7 Å². The van der Waals surface area contributed by atoms with Crippen LogP contribution in [0.3, 0.4) is 0 Å². The van der Waals surface area contributed by atoms with Crippen LogP contribution in [0, 0.1) is 0 Å². The predicted octanol–water partition coefficient (Wildman–Crippen LogP) is 0.0819. The second-order valence-electron chi connectivity index (χ2n) is 3.03. The molecule has 0 aromatic rings. The first-order chi connectivity index (χ1) is 4.98. The highest BCUT2D eigenvalue weighted by Crippen LogP contribution is 2.28. The van der Waals surface area contributed by atoms with Gasteiger partial charge in [0.05, 0.1) is 0 Å². The summed E-state index contributed by atoms with van der Waals surface area (Å²) in [6.07, 6.45) is 0.761. The van der Waals surface area contributed by atoms with Crippen molar-refractivity contribution in [3.63, 3.8) is 0 Å². The van der Waals surface area contributed by atoms with Crippen molar-refractivity contribution in [3.8, 4) is 0 Å². The lowest BCUT2D eigenvalue weighted by atomic mass is 10.0. The molecule has 0 aromatic carbocycles. The minimum Gasteiger partial charge on any atom is -0.480 e. The van der Waals surface area contributed by atoms with Crippen molar-refractivity contribution >= 4 is 11.9 Å². The largest absolute Gasteiger partial charge is 0.480 e. The summed E-state index contributed by atoms with van der Waals surface area (Å²) in [7, 11) is 1.53. The molecule has 1 aliphatic rings. The molecule has 0 aliphatic carbocycles. The Labute approximate surface area is 64.8 Å². The summed E-state index contributed by atoms with van der Waals surface area (Å²) in [6.45, 7) is 1.57. The van der Waals surface area contributed by atoms with Crippen LogP contribution in [-0.2, 0) is 9.59 Å². The van der Waals surface area contributed by atoms with E-state index in [9.17, 15) is 9.59 Å². The minimum atomic E-state index is -0.975. The Kier molecular flexibility index (Phi) is 1.62. The molecule has 0 spiro atoms. The average Bonchev–Trinajstić information content (AvgIpc) is 2.18. The van der Waals surface area contributed by atoms with Crippen molar-refractivity contribution in [2.24, 2.45) is 0 Å². The maximum absolute atomic E-state index is 11.0. The molecule has 0 aromatic heterocycles. The maximum atomic E-state index is 11.0. The third kappa shape index (κ3) is 0.982. The van der Waals surface area contributed by atoms with Crippen LogP contribution in [0.25, 0.3) is 0 Å². The molecule has 0 bridgehead atoms. The van der Waals surface area contributed by atoms with Gasteiger partial charge in [-0.1, -0.05) is 0 Å². The van der Waals surface area contributed by atoms with E-state index >= 15 is 0 Å². The number of hydrogen-bond donors (Lipinski definition) is 1. The second-order valence-corrected chi connectivity index (χ2v) is 3.03. The number of likely N-dealkylation sites (N-methyl/N-ethyl adjacent to an activating group) is 1. The first kappa shape index (κ1) is 8.04. The van der Waals surface area contributed by atoms with E-state index in [1.165, 1.54) is 11.9 Å². The number of aliphatic carboxylic acids is 1. The number of carbonyl (C=O) groups is 2. The SMILES string of the molecule is CN1C(=O)CC[C@@]1(C)C(=O)O. The van der Waals surface area contributed by atoms with Gasteiger partial charge in [0.15, 0.2) is 0 Å². The Bertz CT molecular complexity index is 214. The fourth-order valence-corrected chi connectivity index (χ4v) is 1.21. The molecule has 1 amide bonds. The molecule has 1 rings (SSSR count). The second kappa shape index (κ2) is 2.22. The van der Waals surface area contributed by atoms with Crippen LogP contribution in [0.2, 0.25) is 0 Å².